The van der Waals surface area contributed by atoms with E-state index in [1.807, 2.05) is 0 Å². The zero-order valence-electron chi connectivity index (χ0n) is 33.2. The van der Waals surface area contributed by atoms with Crippen LogP contribution in [0.25, 0.3) is 0 Å². The summed E-state index contributed by atoms with van der Waals surface area (Å²) in [5.74, 6) is -11.6. The third-order valence-corrected chi connectivity index (χ3v) is 11.4. The number of hydrogen-bond donors (Lipinski definition) is 1. The molecule has 3 fully saturated rings. The van der Waals surface area contributed by atoms with Crippen molar-refractivity contribution in [3.05, 3.63) is 29.6 Å². The number of cyclic esters (lactones) is 1. The first-order valence-electron chi connectivity index (χ1n) is 18.2. The second-order valence-corrected chi connectivity index (χ2v) is 15.3. The van der Waals surface area contributed by atoms with Gasteiger partial charge < -0.3 is 47.7 Å². The van der Waals surface area contributed by atoms with E-state index in [4.69, 9.17) is 42.6 Å². The number of carbonyl (C=O) groups excluding carboxylic acids is 8. The summed E-state index contributed by atoms with van der Waals surface area (Å²) in [4.78, 5) is 111. The first-order valence-corrected chi connectivity index (χ1v) is 18.2. The van der Waals surface area contributed by atoms with Gasteiger partial charge in [0.25, 0.3) is 0 Å². The van der Waals surface area contributed by atoms with Crippen LogP contribution in [-0.2, 0) is 76.2 Å². The lowest BCUT2D eigenvalue weighted by atomic mass is 9.45. The van der Waals surface area contributed by atoms with E-state index in [1.54, 1.807) is 6.92 Å². The first kappa shape index (κ1) is 43.0. The van der Waals surface area contributed by atoms with Gasteiger partial charge in [0.05, 0.1) is 23.1 Å². The van der Waals surface area contributed by atoms with Crippen LogP contribution in [0.15, 0.2) is 18.3 Å². The summed E-state index contributed by atoms with van der Waals surface area (Å²) < 4.78 is 54.3. The van der Waals surface area contributed by atoms with Crippen LogP contribution in [0.1, 0.15) is 91.2 Å². The number of carbonyl (C=O) groups is 8. The predicted octanol–water partition coefficient (Wildman–Crippen LogP) is 1.03. The molecule has 0 unspecified atom stereocenters. The monoisotopic (exact) mass is 805 g/mol. The molecule has 1 N–H and O–H groups in total. The van der Waals surface area contributed by atoms with Gasteiger partial charge in [-0.15, -0.1) is 0 Å². The van der Waals surface area contributed by atoms with Gasteiger partial charge in [0.2, 0.25) is 0 Å². The quantitative estimate of drug-likeness (QED) is 0.298. The molecule has 2 aliphatic carbocycles. The Morgan fingerprint density at radius 3 is 1.84 bits per heavy atom. The van der Waals surface area contributed by atoms with E-state index in [0.29, 0.717) is 0 Å². The van der Waals surface area contributed by atoms with E-state index in [9.17, 15) is 43.5 Å². The second kappa shape index (κ2) is 15.3. The van der Waals surface area contributed by atoms with Crippen molar-refractivity contribution in [1.82, 2.24) is 4.98 Å². The molecule has 1 aromatic rings. The van der Waals surface area contributed by atoms with E-state index >= 15 is 0 Å². The molecular weight excluding hydrogens is 758 g/mol. The minimum Gasteiger partial charge on any atom is -0.465 e. The highest BCUT2D eigenvalue weighted by molar-refractivity contribution is 5.91. The molecule has 0 amide bonds. The van der Waals surface area contributed by atoms with E-state index < -0.39 is 138 Å². The number of rotatable bonds is 7. The standard InChI is InChI=1S/C38H47NO18/c1-16-17(2)33(46)56-30-28(52-20(5)42)32(55-23(8)45)37(15-49-18(3)40)31(54-22(7)44)27(51-19(4)41)25-29(53-21(6)43)38(37,36(30,10)48)57-35(25,9)14-50-34(47)24-12-11-13-39-26(16)24/h11-13,16-17,25,27-32,48H,14-15H2,1-10H3/t16-,17+,25-,27-,28+,29+,30+,31-,32+,35+,36+,37-,38+/m1/s1. The fourth-order valence-corrected chi connectivity index (χ4v) is 9.25. The number of nitrogens with zero attached hydrogens (tertiary/aromatic N) is 1. The maximum atomic E-state index is 14.3. The summed E-state index contributed by atoms with van der Waals surface area (Å²) in [7, 11) is 0. The van der Waals surface area contributed by atoms with Crippen LogP contribution < -0.4 is 0 Å². The smallest absolute Gasteiger partial charge is 0.340 e. The Balaban J connectivity index is 2.01. The maximum absolute atomic E-state index is 14.3. The molecule has 312 valence electrons. The Kier molecular flexibility index (Phi) is 11.5. The average molecular weight is 806 g/mol. The number of esters is 8. The van der Waals surface area contributed by atoms with Crippen LogP contribution in [0.2, 0.25) is 0 Å². The first-order chi connectivity index (χ1) is 26.5. The fraction of sp³-hybridized carbons (Fsp3) is 0.658. The largest absolute Gasteiger partial charge is 0.465 e. The normalized spacial score (nSPS) is 38.2. The van der Waals surface area contributed by atoms with Gasteiger partial charge in [-0.25, -0.2) is 4.79 Å². The van der Waals surface area contributed by atoms with Gasteiger partial charge in [-0.05, 0) is 26.0 Å². The molecule has 1 saturated heterocycles. The molecule has 1 spiro atoms. The summed E-state index contributed by atoms with van der Waals surface area (Å²) in [6, 6.07) is 2.89. The second-order valence-electron chi connectivity index (χ2n) is 15.3. The van der Waals surface area contributed by atoms with Gasteiger partial charge in [-0.2, -0.15) is 0 Å². The molecule has 13 atom stereocenters. The summed E-state index contributed by atoms with van der Waals surface area (Å²) in [5, 5.41) is 13.4. The Bertz CT molecular complexity index is 1860. The minimum absolute atomic E-state index is 0.0422. The van der Waals surface area contributed by atoms with Crippen molar-refractivity contribution in [2.75, 3.05) is 13.2 Å². The predicted molar refractivity (Wildman–Crippen MR) is 185 cm³/mol. The van der Waals surface area contributed by atoms with Gasteiger partial charge >= 0.3 is 47.8 Å². The third kappa shape index (κ3) is 6.97. The lowest BCUT2D eigenvalue weighted by molar-refractivity contribution is -0.387. The Morgan fingerprint density at radius 1 is 0.772 bits per heavy atom. The highest BCUT2D eigenvalue weighted by Gasteiger charge is 2.92. The van der Waals surface area contributed by atoms with Crippen molar-refractivity contribution in [1.29, 1.82) is 0 Å². The summed E-state index contributed by atoms with van der Waals surface area (Å²) in [6.45, 7) is 9.67. The Labute approximate surface area is 327 Å². The highest BCUT2D eigenvalue weighted by atomic mass is 16.7. The summed E-state index contributed by atoms with van der Waals surface area (Å²) in [5.41, 5.74) is -10.1. The summed E-state index contributed by atoms with van der Waals surface area (Å²) >= 11 is 0. The van der Waals surface area contributed by atoms with Crippen molar-refractivity contribution in [2.24, 2.45) is 17.3 Å². The number of aliphatic hydroxyl groups is 1. The topological polar surface area (TPSA) is 253 Å². The minimum atomic E-state index is -2.82. The zero-order valence-corrected chi connectivity index (χ0v) is 33.2. The van der Waals surface area contributed by atoms with Gasteiger partial charge in [0, 0.05) is 53.7 Å². The molecule has 19 nitrogen and oxygen atoms in total. The van der Waals surface area contributed by atoms with Crippen LogP contribution >= 0.6 is 0 Å². The molecule has 5 rings (SSSR count). The van der Waals surface area contributed by atoms with Crippen molar-refractivity contribution >= 4 is 47.8 Å². The van der Waals surface area contributed by atoms with Gasteiger partial charge in [0.15, 0.2) is 30.0 Å². The fourth-order valence-electron chi connectivity index (χ4n) is 9.25. The van der Waals surface area contributed by atoms with Crippen LogP contribution in [0, 0.1) is 17.3 Å². The molecule has 57 heavy (non-hydrogen) atoms. The molecule has 4 aliphatic rings. The van der Waals surface area contributed by atoms with Crippen LogP contribution in [-0.4, -0.2) is 124 Å². The SMILES string of the molecule is CC(=O)OC[C@]12[C@H](OC(C)=O)[C@H](OC(C)=O)[C@@H]3[C@H](OC(C)=O)[C@@]14O[C@@]3(C)COC(=O)c1cccnc1[C@H](C)[C@H](C)C(=O)O[C@@H]([C@H](OC(C)=O)[C@@H]2OC(C)=O)[C@]4(C)O. The molecule has 4 bridgehead atoms. The van der Waals surface area contributed by atoms with Gasteiger partial charge in [0.1, 0.15) is 42.0 Å². The zero-order chi connectivity index (χ0) is 42.6. The molecule has 0 radical (unpaired) electrons. The lowest BCUT2D eigenvalue weighted by Gasteiger charge is -2.67. The molecule has 3 heterocycles. The molecule has 1 aromatic heterocycles. The van der Waals surface area contributed by atoms with Crippen LogP contribution in [0.3, 0.4) is 0 Å². The van der Waals surface area contributed by atoms with Crippen LogP contribution in [0.5, 0.6) is 0 Å². The van der Waals surface area contributed by atoms with E-state index in [-0.39, 0.29) is 11.3 Å². The Morgan fingerprint density at radius 2 is 1.30 bits per heavy atom. The van der Waals surface area contributed by atoms with Crippen molar-refractivity contribution in [3.63, 3.8) is 0 Å². The molecule has 2 saturated carbocycles. The van der Waals surface area contributed by atoms with E-state index in [2.05, 4.69) is 4.98 Å². The van der Waals surface area contributed by atoms with Gasteiger partial charge in [-0.1, -0.05) is 13.8 Å². The number of pyridine rings is 1. The highest BCUT2D eigenvalue weighted by Crippen LogP contribution is 2.70. The molecule has 0 aromatic carbocycles. The Hall–Kier alpha value is -5.17. The molecule has 19 heteroatoms. The van der Waals surface area contributed by atoms with Crippen LogP contribution in [0.4, 0.5) is 0 Å². The summed E-state index contributed by atoms with van der Waals surface area (Å²) in [6.07, 6.45) is -10.5. The van der Waals surface area contributed by atoms with Gasteiger partial charge in [-0.3, -0.25) is 38.5 Å². The average Bonchev–Trinajstić information content (AvgIpc) is 3.32. The number of ether oxygens (including phenoxy) is 9. The third-order valence-electron chi connectivity index (χ3n) is 11.4. The number of fused-ring (bicyclic) bond motifs is 5. The van der Waals surface area contributed by atoms with Crippen molar-refractivity contribution in [2.45, 2.75) is 129 Å². The number of aromatic nitrogens is 1. The molecular formula is C38H47NO18. The number of hydrogen-bond acceptors (Lipinski definition) is 19. The van der Waals surface area contributed by atoms with Crippen molar-refractivity contribution < 1.29 is 86.1 Å². The van der Waals surface area contributed by atoms with Crippen molar-refractivity contribution in [3.8, 4) is 0 Å². The van der Waals surface area contributed by atoms with E-state index in [0.717, 1.165) is 48.5 Å². The molecule has 2 aliphatic heterocycles. The maximum Gasteiger partial charge on any atom is 0.340 e. The van der Waals surface area contributed by atoms with E-state index in [1.165, 1.54) is 32.2 Å². The lowest BCUT2D eigenvalue weighted by Crippen LogP contribution is -2.89.